The van der Waals surface area contributed by atoms with Crippen molar-refractivity contribution in [2.45, 2.75) is 51.4 Å². The molecule has 1 aromatic carbocycles. The van der Waals surface area contributed by atoms with Crippen LogP contribution in [0.4, 0.5) is 13.2 Å². The summed E-state index contributed by atoms with van der Waals surface area (Å²) in [5.41, 5.74) is -0.552. The zero-order valence-electron chi connectivity index (χ0n) is 15.3. The molecule has 0 bridgehead atoms. The summed E-state index contributed by atoms with van der Waals surface area (Å²) < 4.78 is 52.6. The highest BCUT2D eigenvalue weighted by Gasteiger charge is 2.48. The van der Waals surface area contributed by atoms with Crippen LogP contribution < -0.4 is 9.47 Å². The Hall–Kier alpha value is -2.69. The van der Waals surface area contributed by atoms with Crippen LogP contribution in [-0.4, -0.2) is 28.4 Å². The normalized spacial score (nSPS) is 16.6. The smallest absolute Gasteiger partial charge is 0.397 e. The molecule has 0 amide bonds. The van der Waals surface area contributed by atoms with Crippen LogP contribution in [0.25, 0.3) is 0 Å². The summed E-state index contributed by atoms with van der Waals surface area (Å²) in [6.45, 7) is 5.00. The molecule has 1 aromatic heterocycles. The van der Waals surface area contributed by atoms with Crippen molar-refractivity contribution in [3.05, 3.63) is 41.2 Å². The number of benzene rings is 1. The summed E-state index contributed by atoms with van der Waals surface area (Å²) in [5.74, 6) is 0.471. The van der Waals surface area contributed by atoms with E-state index < -0.39 is 11.6 Å². The lowest BCUT2D eigenvalue weighted by molar-refractivity contribution is -0.180. The number of aromatic nitrogens is 2. The highest BCUT2D eigenvalue weighted by atomic mass is 19.4. The molecule has 0 saturated heterocycles. The van der Waals surface area contributed by atoms with Gasteiger partial charge in [0, 0.05) is 0 Å². The molecule has 3 rings (SSSR count). The molecule has 1 aliphatic heterocycles. The Morgan fingerprint density at radius 3 is 2.52 bits per heavy atom. The van der Waals surface area contributed by atoms with Crippen molar-refractivity contribution in [2.75, 3.05) is 6.61 Å². The fourth-order valence-corrected chi connectivity index (χ4v) is 2.99. The largest absolute Gasteiger partial charge is 0.490 e. The Labute approximate surface area is 155 Å². The van der Waals surface area contributed by atoms with E-state index in [0.717, 1.165) is 19.5 Å². The van der Waals surface area contributed by atoms with Crippen LogP contribution in [0.1, 0.15) is 37.7 Å². The summed E-state index contributed by atoms with van der Waals surface area (Å²) >= 11 is 0. The van der Waals surface area contributed by atoms with Gasteiger partial charge in [-0.15, -0.1) is 0 Å². The van der Waals surface area contributed by atoms with Crippen LogP contribution in [0.3, 0.4) is 0 Å². The van der Waals surface area contributed by atoms with E-state index in [0.29, 0.717) is 30.4 Å². The first-order valence-corrected chi connectivity index (χ1v) is 8.63. The molecular formula is C19H20F3N3O2. The second-order valence-electron chi connectivity index (χ2n) is 6.96. The molecule has 8 heteroatoms. The number of alkyl halides is 3. The molecule has 0 spiro atoms. The Kier molecular flexibility index (Phi) is 4.81. The third-order valence-electron chi connectivity index (χ3n) is 4.86. The summed E-state index contributed by atoms with van der Waals surface area (Å²) in [7, 11) is 0. The van der Waals surface area contributed by atoms with Gasteiger partial charge in [-0.25, -0.2) is 0 Å². The van der Waals surface area contributed by atoms with E-state index >= 15 is 0 Å². The summed E-state index contributed by atoms with van der Waals surface area (Å²) in [5, 5.41) is 9.08. The van der Waals surface area contributed by atoms with Crippen molar-refractivity contribution >= 4 is 0 Å². The van der Waals surface area contributed by atoms with Crippen molar-refractivity contribution in [3.8, 4) is 17.8 Å². The molecule has 0 N–H and O–H groups in total. The molecule has 27 heavy (non-hydrogen) atoms. The van der Waals surface area contributed by atoms with E-state index in [1.807, 2.05) is 11.5 Å². The number of nitriles is 1. The minimum atomic E-state index is -4.33. The highest BCUT2D eigenvalue weighted by Crippen LogP contribution is 2.40. The Morgan fingerprint density at radius 1 is 1.30 bits per heavy atom. The third kappa shape index (κ3) is 3.46. The van der Waals surface area contributed by atoms with Crippen LogP contribution in [0.5, 0.6) is 11.8 Å². The van der Waals surface area contributed by atoms with E-state index in [2.05, 4.69) is 11.1 Å². The second kappa shape index (κ2) is 6.80. The molecule has 1 aliphatic rings. The van der Waals surface area contributed by atoms with Gasteiger partial charge in [0.25, 0.3) is 6.01 Å². The average Bonchev–Trinajstić information content (AvgIpc) is 3.15. The fourth-order valence-electron chi connectivity index (χ4n) is 2.99. The van der Waals surface area contributed by atoms with Gasteiger partial charge < -0.3 is 9.47 Å². The number of fused-ring (bicyclic) bond motifs is 1. The zero-order chi connectivity index (χ0) is 19.8. The van der Waals surface area contributed by atoms with Gasteiger partial charge in [0.05, 0.1) is 17.7 Å². The first-order valence-electron chi connectivity index (χ1n) is 8.63. The van der Waals surface area contributed by atoms with Gasteiger partial charge >= 0.3 is 6.18 Å². The van der Waals surface area contributed by atoms with Crippen LogP contribution in [-0.2, 0) is 18.4 Å². The molecule has 0 saturated carbocycles. The van der Waals surface area contributed by atoms with Crippen LogP contribution in [0.15, 0.2) is 24.3 Å². The van der Waals surface area contributed by atoms with Crippen LogP contribution in [0.2, 0.25) is 0 Å². The molecule has 1 atom stereocenters. The molecule has 5 nitrogen and oxygen atoms in total. The summed E-state index contributed by atoms with van der Waals surface area (Å²) in [6.07, 6.45) is -3.92. The van der Waals surface area contributed by atoms with E-state index in [1.165, 1.54) is 24.3 Å². The van der Waals surface area contributed by atoms with Gasteiger partial charge in [0.15, 0.2) is 11.8 Å². The quantitative estimate of drug-likeness (QED) is 0.788. The lowest BCUT2D eigenvalue weighted by Gasteiger charge is -2.28. The standard InChI is InChI=1S/C19H20F3N3O2/c1-4-16-15(9-23)24-17-25(16)10-14(27-17)11-26-13-7-5-12(6-8-13)18(2,3)19(20,21)22/h5-8,14H,4,10-11H2,1-3H3/t14-/m0/s1. The third-order valence-corrected chi connectivity index (χ3v) is 4.86. The molecule has 0 aliphatic carbocycles. The molecule has 2 aromatic rings. The number of hydrogen-bond donors (Lipinski definition) is 0. The van der Waals surface area contributed by atoms with Crippen molar-refractivity contribution in [1.29, 1.82) is 5.26 Å². The SMILES string of the molecule is CCc1c(C#N)nc2n1C[C@@H](COc1ccc(C(C)(C)C(F)(F)F)cc1)O2. The van der Waals surface area contributed by atoms with Gasteiger partial charge in [0.2, 0.25) is 0 Å². The average molecular weight is 379 g/mol. The van der Waals surface area contributed by atoms with Crippen molar-refractivity contribution in [1.82, 2.24) is 9.55 Å². The topological polar surface area (TPSA) is 60.1 Å². The first-order chi connectivity index (χ1) is 12.7. The van der Waals surface area contributed by atoms with Crippen LogP contribution >= 0.6 is 0 Å². The Balaban J connectivity index is 1.62. The minimum absolute atomic E-state index is 0.177. The van der Waals surface area contributed by atoms with Gasteiger partial charge in [-0.05, 0) is 38.0 Å². The summed E-state index contributed by atoms with van der Waals surface area (Å²) in [4.78, 5) is 4.16. The van der Waals surface area contributed by atoms with Gasteiger partial charge in [-0.1, -0.05) is 19.1 Å². The van der Waals surface area contributed by atoms with E-state index in [1.54, 1.807) is 0 Å². The maximum atomic E-state index is 13.1. The van der Waals surface area contributed by atoms with Crippen molar-refractivity contribution < 1.29 is 22.6 Å². The molecule has 0 unspecified atom stereocenters. The molecule has 0 radical (unpaired) electrons. The van der Waals surface area contributed by atoms with Crippen molar-refractivity contribution in [3.63, 3.8) is 0 Å². The Morgan fingerprint density at radius 2 is 1.96 bits per heavy atom. The number of imidazole rings is 1. The molecule has 0 fully saturated rings. The number of nitrogens with zero attached hydrogens (tertiary/aromatic N) is 3. The number of halogens is 3. The number of ether oxygens (including phenoxy) is 2. The fraction of sp³-hybridized carbons (Fsp3) is 0.474. The second-order valence-corrected chi connectivity index (χ2v) is 6.96. The maximum absolute atomic E-state index is 13.1. The monoisotopic (exact) mass is 379 g/mol. The lowest BCUT2D eigenvalue weighted by Crippen LogP contribution is -2.36. The lowest BCUT2D eigenvalue weighted by atomic mass is 9.84. The molecule has 2 heterocycles. The zero-order valence-corrected chi connectivity index (χ0v) is 15.3. The van der Waals surface area contributed by atoms with Gasteiger partial charge in [0.1, 0.15) is 18.4 Å². The maximum Gasteiger partial charge on any atom is 0.397 e. The minimum Gasteiger partial charge on any atom is -0.490 e. The predicted molar refractivity (Wildman–Crippen MR) is 91.8 cm³/mol. The number of hydrogen-bond acceptors (Lipinski definition) is 4. The summed E-state index contributed by atoms with van der Waals surface area (Å²) in [6, 6.07) is 8.37. The van der Waals surface area contributed by atoms with E-state index in [9.17, 15) is 13.2 Å². The Bertz CT molecular complexity index is 864. The van der Waals surface area contributed by atoms with E-state index in [-0.39, 0.29) is 18.3 Å². The van der Waals surface area contributed by atoms with E-state index in [4.69, 9.17) is 14.7 Å². The first kappa shape index (κ1) is 19.1. The predicted octanol–water partition coefficient (Wildman–Crippen LogP) is 4.00. The molecule has 144 valence electrons. The van der Waals surface area contributed by atoms with Crippen molar-refractivity contribution in [2.24, 2.45) is 0 Å². The van der Waals surface area contributed by atoms with Gasteiger partial charge in [-0.2, -0.15) is 23.4 Å². The molecular weight excluding hydrogens is 359 g/mol. The highest BCUT2D eigenvalue weighted by molar-refractivity contribution is 5.34. The van der Waals surface area contributed by atoms with Gasteiger partial charge in [-0.3, -0.25) is 4.57 Å². The number of rotatable bonds is 5. The van der Waals surface area contributed by atoms with Crippen LogP contribution in [0, 0.1) is 11.3 Å².